The van der Waals surface area contributed by atoms with Crippen molar-refractivity contribution in [2.24, 2.45) is 0 Å². The van der Waals surface area contributed by atoms with Crippen LogP contribution < -0.4 is 0 Å². The summed E-state index contributed by atoms with van der Waals surface area (Å²) in [4.78, 5) is 17.3. The maximum absolute atomic E-state index is 12.4. The van der Waals surface area contributed by atoms with Crippen molar-refractivity contribution in [1.82, 2.24) is 25.2 Å². The van der Waals surface area contributed by atoms with E-state index in [0.717, 1.165) is 17.0 Å². The summed E-state index contributed by atoms with van der Waals surface area (Å²) in [7, 11) is 0. The van der Waals surface area contributed by atoms with Gasteiger partial charge < -0.3 is 4.74 Å². The highest BCUT2D eigenvalue weighted by atomic mass is 35.5. The third kappa shape index (κ3) is 4.02. The monoisotopic (exact) mass is 377 g/mol. The van der Waals surface area contributed by atoms with Gasteiger partial charge in [0.1, 0.15) is 9.88 Å². The second kappa shape index (κ2) is 7.71. The Morgan fingerprint density at radius 3 is 3.00 bits per heavy atom. The summed E-state index contributed by atoms with van der Waals surface area (Å²) in [6.07, 6.45) is 0.892. The maximum atomic E-state index is 12.4. The highest BCUT2D eigenvalue weighted by Gasteiger charge is 2.19. The zero-order chi connectivity index (χ0) is 17.8. The number of halogens is 1. The second-order valence-corrected chi connectivity index (χ2v) is 6.77. The molecule has 0 amide bonds. The van der Waals surface area contributed by atoms with Gasteiger partial charge in [-0.25, -0.2) is 14.5 Å². The van der Waals surface area contributed by atoms with E-state index in [1.165, 1.54) is 11.3 Å². The van der Waals surface area contributed by atoms with E-state index in [2.05, 4.69) is 20.5 Å². The van der Waals surface area contributed by atoms with Gasteiger partial charge in [0.15, 0.2) is 12.4 Å². The molecular formula is C16H16ClN5O2S. The number of nitrogens with zero attached hydrogens (tertiary/aromatic N) is 5. The molecule has 1 aromatic carbocycles. The summed E-state index contributed by atoms with van der Waals surface area (Å²) in [5.74, 6) is 0.0850. The first-order valence-corrected chi connectivity index (χ1v) is 8.93. The van der Waals surface area contributed by atoms with Crippen molar-refractivity contribution >= 4 is 28.9 Å². The van der Waals surface area contributed by atoms with Gasteiger partial charge in [-0.05, 0) is 35.9 Å². The first kappa shape index (κ1) is 17.5. The number of benzene rings is 1. The van der Waals surface area contributed by atoms with Crippen LogP contribution in [0.25, 0.3) is 10.6 Å². The summed E-state index contributed by atoms with van der Waals surface area (Å²) >= 11 is 7.29. The van der Waals surface area contributed by atoms with E-state index in [1.807, 2.05) is 25.1 Å². The SMILES string of the molecule is CCCn1nnnc1COC(=O)c1sc(-c2cccc(Cl)c2)nc1C. The Morgan fingerprint density at radius 1 is 1.40 bits per heavy atom. The lowest BCUT2D eigenvalue weighted by Gasteiger charge is -2.04. The molecular weight excluding hydrogens is 362 g/mol. The van der Waals surface area contributed by atoms with Crippen LogP contribution in [0.5, 0.6) is 0 Å². The second-order valence-electron chi connectivity index (χ2n) is 5.34. The van der Waals surface area contributed by atoms with Gasteiger partial charge in [-0.3, -0.25) is 0 Å². The van der Waals surface area contributed by atoms with E-state index >= 15 is 0 Å². The fourth-order valence-electron chi connectivity index (χ4n) is 2.24. The zero-order valence-corrected chi connectivity index (χ0v) is 15.3. The molecule has 0 saturated carbocycles. The van der Waals surface area contributed by atoms with E-state index in [4.69, 9.17) is 16.3 Å². The summed E-state index contributed by atoms with van der Waals surface area (Å²) in [6.45, 7) is 4.51. The molecule has 2 aromatic heterocycles. The number of ether oxygens (including phenoxy) is 1. The van der Waals surface area contributed by atoms with Crippen LogP contribution in [-0.2, 0) is 17.9 Å². The summed E-state index contributed by atoms with van der Waals surface area (Å²) < 4.78 is 6.98. The molecule has 0 atom stereocenters. The normalized spacial score (nSPS) is 10.8. The van der Waals surface area contributed by atoms with Gasteiger partial charge in [-0.2, -0.15) is 0 Å². The number of aryl methyl sites for hydroxylation is 2. The van der Waals surface area contributed by atoms with Crippen molar-refractivity contribution in [3.05, 3.63) is 45.7 Å². The first-order valence-electron chi connectivity index (χ1n) is 7.74. The van der Waals surface area contributed by atoms with Crippen LogP contribution in [0, 0.1) is 6.92 Å². The number of carbonyl (C=O) groups excluding carboxylic acids is 1. The summed E-state index contributed by atoms with van der Waals surface area (Å²) in [5, 5.41) is 12.7. The molecule has 0 radical (unpaired) electrons. The minimum atomic E-state index is -0.436. The molecule has 0 aliphatic heterocycles. The lowest BCUT2D eigenvalue weighted by Crippen LogP contribution is -2.10. The number of esters is 1. The number of hydrogen-bond acceptors (Lipinski definition) is 7. The number of tetrazole rings is 1. The third-order valence-electron chi connectivity index (χ3n) is 3.43. The molecule has 0 unspecified atom stereocenters. The Balaban J connectivity index is 1.73. The molecule has 0 spiro atoms. The molecule has 3 aromatic rings. The molecule has 0 aliphatic rings. The minimum absolute atomic E-state index is 0.0235. The Morgan fingerprint density at radius 2 is 2.24 bits per heavy atom. The molecule has 0 fully saturated rings. The van der Waals surface area contributed by atoms with Gasteiger partial charge in [0.25, 0.3) is 0 Å². The average molecular weight is 378 g/mol. The summed E-state index contributed by atoms with van der Waals surface area (Å²) in [6, 6.07) is 7.35. The van der Waals surface area contributed by atoms with Crippen molar-refractivity contribution in [2.45, 2.75) is 33.4 Å². The van der Waals surface area contributed by atoms with E-state index in [1.54, 1.807) is 17.7 Å². The molecule has 0 saturated heterocycles. The molecule has 0 N–H and O–H groups in total. The zero-order valence-electron chi connectivity index (χ0n) is 13.8. The van der Waals surface area contributed by atoms with Gasteiger partial charge in [0.05, 0.1) is 5.69 Å². The number of hydrogen-bond donors (Lipinski definition) is 0. The fourth-order valence-corrected chi connectivity index (χ4v) is 3.39. The van der Waals surface area contributed by atoms with E-state index < -0.39 is 5.97 Å². The quantitative estimate of drug-likeness (QED) is 0.611. The summed E-state index contributed by atoms with van der Waals surface area (Å²) in [5.41, 5.74) is 1.49. The molecule has 0 aliphatic carbocycles. The van der Waals surface area contributed by atoms with Crippen molar-refractivity contribution in [1.29, 1.82) is 0 Å². The van der Waals surface area contributed by atoms with E-state index in [9.17, 15) is 4.79 Å². The van der Waals surface area contributed by atoms with Crippen LogP contribution in [-0.4, -0.2) is 31.2 Å². The molecule has 0 bridgehead atoms. The smallest absolute Gasteiger partial charge is 0.350 e. The van der Waals surface area contributed by atoms with Crippen molar-refractivity contribution in [3.8, 4) is 10.6 Å². The highest BCUT2D eigenvalue weighted by molar-refractivity contribution is 7.17. The fraction of sp³-hybridized carbons (Fsp3) is 0.312. The third-order valence-corrected chi connectivity index (χ3v) is 4.85. The van der Waals surface area contributed by atoms with Gasteiger partial charge in [-0.1, -0.05) is 30.7 Å². The maximum Gasteiger partial charge on any atom is 0.350 e. The van der Waals surface area contributed by atoms with Crippen LogP contribution in [0.15, 0.2) is 24.3 Å². The molecule has 25 heavy (non-hydrogen) atoms. The topological polar surface area (TPSA) is 82.8 Å². The van der Waals surface area contributed by atoms with Crippen LogP contribution in [0.2, 0.25) is 5.02 Å². The van der Waals surface area contributed by atoms with Gasteiger partial charge in [0.2, 0.25) is 0 Å². The number of thiazole rings is 1. The number of rotatable bonds is 6. The van der Waals surface area contributed by atoms with Gasteiger partial charge in [-0.15, -0.1) is 16.4 Å². The largest absolute Gasteiger partial charge is 0.453 e. The highest BCUT2D eigenvalue weighted by Crippen LogP contribution is 2.30. The Kier molecular flexibility index (Phi) is 5.40. The Labute approximate surface area is 153 Å². The number of carbonyl (C=O) groups is 1. The molecule has 7 nitrogen and oxygen atoms in total. The predicted octanol–water partition coefficient (Wildman–Crippen LogP) is 3.53. The molecule has 130 valence electrons. The predicted molar refractivity (Wildman–Crippen MR) is 94.5 cm³/mol. The first-order chi connectivity index (χ1) is 12.1. The van der Waals surface area contributed by atoms with Crippen LogP contribution in [0.4, 0.5) is 0 Å². The van der Waals surface area contributed by atoms with Gasteiger partial charge in [0, 0.05) is 17.1 Å². The van der Waals surface area contributed by atoms with E-state index in [-0.39, 0.29) is 6.61 Å². The van der Waals surface area contributed by atoms with Crippen LogP contribution in [0.1, 0.15) is 34.5 Å². The van der Waals surface area contributed by atoms with Crippen LogP contribution in [0.3, 0.4) is 0 Å². The average Bonchev–Trinajstić information content (AvgIpc) is 3.19. The van der Waals surface area contributed by atoms with Crippen molar-refractivity contribution in [3.63, 3.8) is 0 Å². The lowest BCUT2D eigenvalue weighted by molar-refractivity contribution is 0.0461. The van der Waals surface area contributed by atoms with Crippen molar-refractivity contribution < 1.29 is 9.53 Å². The van der Waals surface area contributed by atoms with Crippen LogP contribution >= 0.6 is 22.9 Å². The molecule has 9 heteroatoms. The number of aromatic nitrogens is 5. The molecule has 2 heterocycles. The lowest BCUT2D eigenvalue weighted by atomic mass is 10.2. The Hall–Kier alpha value is -2.32. The van der Waals surface area contributed by atoms with Gasteiger partial charge >= 0.3 is 5.97 Å². The van der Waals surface area contributed by atoms with E-state index in [0.29, 0.717) is 28.0 Å². The Bertz CT molecular complexity index is 892. The molecule has 3 rings (SSSR count). The minimum Gasteiger partial charge on any atom is -0.453 e. The van der Waals surface area contributed by atoms with Crippen molar-refractivity contribution in [2.75, 3.05) is 0 Å². The standard InChI is InChI=1S/C16H16ClN5O2S/c1-3-7-22-13(19-20-21-22)9-24-16(23)14-10(2)18-15(25-14)11-5-4-6-12(17)8-11/h4-6,8H,3,7,9H2,1-2H3.